The van der Waals surface area contributed by atoms with E-state index in [-0.39, 0.29) is 11.3 Å². The van der Waals surface area contributed by atoms with Gasteiger partial charge in [-0.2, -0.15) is 0 Å². The Balaban J connectivity index is 1.46. The minimum Gasteiger partial charge on any atom is -0.345 e. The number of piperidine rings is 1. The normalized spacial score (nSPS) is 28.9. The van der Waals surface area contributed by atoms with Crippen LogP contribution in [0.1, 0.15) is 67.7 Å². The predicted molar refractivity (Wildman–Crippen MR) is 136 cm³/mol. The summed E-state index contributed by atoms with van der Waals surface area (Å²) >= 11 is 0. The second kappa shape index (κ2) is 9.83. The van der Waals surface area contributed by atoms with Crippen LogP contribution in [-0.2, 0) is 16.8 Å². The summed E-state index contributed by atoms with van der Waals surface area (Å²) in [5.74, 6) is 1.64. The van der Waals surface area contributed by atoms with Gasteiger partial charge in [-0.05, 0) is 48.3 Å². The van der Waals surface area contributed by atoms with Crippen molar-refractivity contribution in [2.75, 3.05) is 26.2 Å². The molecule has 0 saturated carbocycles. The van der Waals surface area contributed by atoms with Crippen molar-refractivity contribution in [2.45, 2.75) is 70.4 Å². The van der Waals surface area contributed by atoms with Gasteiger partial charge < -0.3 is 15.5 Å². The number of quaternary nitrogens is 2. The number of carbonyl (C=O) groups excluding carboxylic acids is 1. The van der Waals surface area contributed by atoms with Crippen molar-refractivity contribution in [1.82, 2.24) is 4.90 Å². The Morgan fingerprint density at radius 1 is 1.06 bits per heavy atom. The van der Waals surface area contributed by atoms with Gasteiger partial charge in [0.05, 0.1) is 19.6 Å². The van der Waals surface area contributed by atoms with Gasteiger partial charge in [0.25, 0.3) is 0 Å². The standard InChI is InChI=1S/C30H41N3O/c1-4-22(5-2)28-16-24(23-11-7-6-8-12-23)14-15-33(28)29(34)27-18-32-20-30(27)19-31-17-25-21(3)10-9-13-26(25)30/h6-13,22,24,27-28,31-32H,4-5,14-20H2,1-3H3/p+2/t24-,27+,28+,30+/m1/s1. The van der Waals surface area contributed by atoms with Crippen LogP contribution in [-0.4, -0.2) is 43.0 Å². The first-order valence-electron chi connectivity index (χ1n) is 13.7. The van der Waals surface area contributed by atoms with Gasteiger partial charge in [-0.15, -0.1) is 0 Å². The fourth-order valence-corrected chi connectivity index (χ4v) is 7.54. The van der Waals surface area contributed by atoms with E-state index in [0.29, 0.717) is 23.8 Å². The fourth-order valence-electron chi connectivity index (χ4n) is 7.54. The number of rotatable bonds is 5. The molecule has 0 aromatic heterocycles. The molecule has 0 radical (unpaired) electrons. The zero-order valence-electron chi connectivity index (χ0n) is 21.3. The summed E-state index contributed by atoms with van der Waals surface area (Å²) in [5.41, 5.74) is 5.72. The summed E-state index contributed by atoms with van der Waals surface area (Å²) < 4.78 is 0. The average Bonchev–Trinajstić information content (AvgIpc) is 3.29. The maximum absolute atomic E-state index is 14.5. The van der Waals surface area contributed by atoms with Gasteiger partial charge in [0.2, 0.25) is 5.91 Å². The number of hydrogen-bond donors (Lipinski definition) is 2. The summed E-state index contributed by atoms with van der Waals surface area (Å²) in [6.45, 7) is 11.8. The van der Waals surface area contributed by atoms with Crippen LogP contribution in [0.15, 0.2) is 48.5 Å². The lowest BCUT2D eigenvalue weighted by Gasteiger charge is -2.46. The van der Waals surface area contributed by atoms with Crippen molar-refractivity contribution in [3.05, 3.63) is 70.8 Å². The monoisotopic (exact) mass is 461 g/mol. The van der Waals surface area contributed by atoms with Crippen LogP contribution in [0.25, 0.3) is 0 Å². The molecule has 2 saturated heterocycles. The van der Waals surface area contributed by atoms with E-state index in [1.54, 1.807) is 0 Å². The van der Waals surface area contributed by atoms with Gasteiger partial charge >= 0.3 is 0 Å². The van der Waals surface area contributed by atoms with Crippen molar-refractivity contribution in [2.24, 2.45) is 11.8 Å². The minimum absolute atomic E-state index is 0.0363. The maximum atomic E-state index is 14.5. The van der Waals surface area contributed by atoms with Crippen LogP contribution in [0.5, 0.6) is 0 Å². The van der Waals surface area contributed by atoms with Gasteiger partial charge in [-0.3, -0.25) is 4.79 Å². The highest BCUT2D eigenvalue weighted by Gasteiger charge is 2.57. The van der Waals surface area contributed by atoms with Crippen LogP contribution >= 0.6 is 0 Å². The summed E-state index contributed by atoms with van der Waals surface area (Å²) in [6.07, 6.45) is 4.47. The Kier molecular flexibility index (Phi) is 6.81. The molecule has 0 aliphatic carbocycles. The molecule has 5 rings (SSSR count). The lowest BCUT2D eigenvalue weighted by molar-refractivity contribution is -0.691. The van der Waals surface area contributed by atoms with Crippen LogP contribution in [0, 0.1) is 18.8 Å². The molecule has 3 heterocycles. The van der Waals surface area contributed by atoms with Gasteiger partial charge in [-0.25, -0.2) is 0 Å². The number of nitrogens with two attached hydrogens (primary N) is 2. The molecule has 3 aliphatic rings. The second-order valence-electron chi connectivity index (χ2n) is 11.0. The third-order valence-electron chi connectivity index (χ3n) is 9.47. The molecular weight excluding hydrogens is 418 g/mol. The van der Waals surface area contributed by atoms with Crippen LogP contribution in [0.2, 0.25) is 0 Å². The van der Waals surface area contributed by atoms with Gasteiger partial charge in [0, 0.05) is 18.2 Å². The Labute approximate surface area is 205 Å². The smallest absolute Gasteiger partial charge is 0.233 e. The highest BCUT2D eigenvalue weighted by atomic mass is 16.2. The second-order valence-corrected chi connectivity index (χ2v) is 11.0. The predicted octanol–water partition coefficient (Wildman–Crippen LogP) is 2.71. The Hall–Kier alpha value is -2.17. The SMILES string of the molecule is CCC(CC)[C@@H]1C[C@H](c2ccccc2)CCN1C(=O)[C@@H]1C[NH2+]C[C@]12C[NH2+]Cc1c(C)cccc12. The van der Waals surface area contributed by atoms with Crippen LogP contribution in [0.3, 0.4) is 0 Å². The lowest BCUT2D eigenvalue weighted by Crippen LogP contribution is -2.91. The first-order chi connectivity index (χ1) is 16.6. The lowest BCUT2D eigenvalue weighted by atomic mass is 9.67. The minimum atomic E-state index is -0.0363. The molecule has 2 fully saturated rings. The van der Waals surface area contributed by atoms with Gasteiger partial charge in [0.1, 0.15) is 17.9 Å². The molecular formula is C30H43N3O+2. The Bertz CT molecular complexity index is 1000. The summed E-state index contributed by atoms with van der Waals surface area (Å²) in [6, 6.07) is 18.1. The highest BCUT2D eigenvalue weighted by Crippen LogP contribution is 2.41. The first-order valence-corrected chi connectivity index (χ1v) is 13.7. The zero-order chi connectivity index (χ0) is 23.7. The molecule has 0 bridgehead atoms. The van der Waals surface area contributed by atoms with Gasteiger partial charge in [-0.1, -0.05) is 75.2 Å². The Morgan fingerprint density at radius 2 is 1.82 bits per heavy atom. The third kappa shape index (κ3) is 3.99. The van der Waals surface area contributed by atoms with Crippen molar-refractivity contribution < 1.29 is 15.4 Å². The van der Waals surface area contributed by atoms with Crippen LogP contribution < -0.4 is 10.6 Å². The van der Waals surface area contributed by atoms with E-state index in [4.69, 9.17) is 0 Å². The van der Waals surface area contributed by atoms with Crippen LogP contribution in [0.4, 0.5) is 0 Å². The molecule has 1 amide bonds. The Morgan fingerprint density at radius 3 is 2.59 bits per heavy atom. The third-order valence-corrected chi connectivity index (χ3v) is 9.47. The van der Waals surface area contributed by atoms with Crippen molar-refractivity contribution >= 4 is 5.91 Å². The highest BCUT2D eigenvalue weighted by molar-refractivity contribution is 5.82. The molecule has 2 aromatic carbocycles. The molecule has 34 heavy (non-hydrogen) atoms. The quantitative estimate of drug-likeness (QED) is 0.707. The van der Waals surface area contributed by atoms with E-state index in [9.17, 15) is 4.79 Å². The van der Waals surface area contributed by atoms with Crippen molar-refractivity contribution in [1.29, 1.82) is 0 Å². The zero-order valence-corrected chi connectivity index (χ0v) is 21.3. The largest absolute Gasteiger partial charge is 0.345 e. The van der Waals surface area contributed by atoms with Gasteiger partial charge in [0.15, 0.2) is 0 Å². The number of amides is 1. The number of likely N-dealkylation sites (tertiary alicyclic amines) is 1. The molecule has 4 heteroatoms. The molecule has 4 atom stereocenters. The fraction of sp³-hybridized carbons (Fsp3) is 0.567. The maximum Gasteiger partial charge on any atom is 0.233 e. The molecule has 182 valence electrons. The van der Waals surface area contributed by atoms with Crippen molar-refractivity contribution in [3.8, 4) is 0 Å². The van der Waals surface area contributed by atoms with E-state index in [2.05, 4.69) is 84.8 Å². The van der Waals surface area contributed by atoms with E-state index in [1.165, 1.54) is 22.3 Å². The number of aryl methyl sites for hydroxylation is 1. The molecule has 1 spiro atoms. The van der Waals surface area contributed by atoms with E-state index in [0.717, 1.165) is 58.4 Å². The van der Waals surface area contributed by atoms with E-state index >= 15 is 0 Å². The molecule has 4 nitrogen and oxygen atoms in total. The summed E-state index contributed by atoms with van der Waals surface area (Å²) in [5, 5.41) is 4.87. The molecule has 0 unspecified atom stereocenters. The number of carbonyl (C=O) groups is 1. The molecule has 2 aromatic rings. The van der Waals surface area contributed by atoms with E-state index < -0.39 is 0 Å². The first kappa shape index (κ1) is 23.6. The number of benzene rings is 2. The topological polar surface area (TPSA) is 53.5 Å². The average molecular weight is 462 g/mol. The number of nitrogens with zero attached hydrogens (tertiary/aromatic N) is 1. The molecule has 4 N–H and O–H groups in total. The number of fused-ring (bicyclic) bond motifs is 2. The summed E-state index contributed by atoms with van der Waals surface area (Å²) in [4.78, 5) is 16.8. The van der Waals surface area contributed by atoms with E-state index in [1.807, 2.05) is 0 Å². The summed E-state index contributed by atoms with van der Waals surface area (Å²) in [7, 11) is 0. The molecule has 3 aliphatic heterocycles. The number of hydrogen-bond acceptors (Lipinski definition) is 1. The van der Waals surface area contributed by atoms with Crippen molar-refractivity contribution in [3.63, 3.8) is 0 Å².